The first-order chi connectivity index (χ1) is 11.9. The summed E-state index contributed by atoms with van der Waals surface area (Å²) in [5, 5.41) is 12.4. The minimum absolute atomic E-state index is 0.00568. The monoisotopic (exact) mass is 341 g/mol. The van der Waals surface area contributed by atoms with Crippen LogP contribution in [-0.2, 0) is 4.79 Å². The molecule has 2 N–H and O–H groups in total. The van der Waals surface area contributed by atoms with E-state index in [1.807, 2.05) is 6.92 Å². The van der Waals surface area contributed by atoms with Crippen molar-refractivity contribution >= 4 is 11.6 Å². The first kappa shape index (κ1) is 17.8. The van der Waals surface area contributed by atoms with Crippen LogP contribution in [0.2, 0.25) is 0 Å². The van der Waals surface area contributed by atoms with Crippen LogP contribution in [0.5, 0.6) is 0 Å². The van der Waals surface area contributed by atoms with Gasteiger partial charge in [0, 0.05) is 5.69 Å². The molecule has 0 unspecified atom stereocenters. The molecular formula is C20H29N4O+. The first-order valence-electron chi connectivity index (χ1n) is 9.30. The largest absolute Gasteiger partial charge is 0.360 e. The number of quaternary nitrogens is 1. The maximum absolute atomic E-state index is 12.4. The van der Waals surface area contributed by atoms with E-state index in [0.29, 0.717) is 12.5 Å². The van der Waals surface area contributed by atoms with E-state index in [1.165, 1.54) is 21.7 Å². The summed E-state index contributed by atoms with van der Waals surface area (Å²) in [4.78, 5) is 16.1. The van der Waals surface area contributed by atoms with Gasteiger partial charge in [0.15, 0.2) is 6.54 Å². The van der Waals surface area contributed by atoms with Gasteiger partial charge in [-0.2, -0.15) is 5.26 Å². The second-order valence-corrected chi connectivity index (χ2v) is 7.77. The highest BCUT2D eigenvalue weighted by atomic mass is 16.2. The number of hydrogen-bond donors (Lipinski definition) is 2. The van der Waals surface area contributed by atoms with E-state index in [2.05, 4.69) is 48.3 Å². The van der Waals surface area contributed by atoms with Crippen molar-refractivity contribution in [3.05, 3.63) is 29.3 Å². The van der Waals surface area contributed by atoms with Gasteiger partial charge >= 0.3 is 0 Å². The van der Waals surface area contributed by atoms with Crippen LogP contribution >= 0.6 is 0 Å². The van der Waals surface area contributed by atoms with Crippen LogP contribution in [0.15, 0.2) is 18.2 Å². The van der Waals surface area contributed by atoms with E-state index in [0.717, 1.165) is 39.0 Å². The molecule has 25 heavy (non-hydrogen) atoms. The Morgan fingerprint density at radius 3 is 2.64 bits per heavy atom. The van der Waals surface area contributed by atoms with Crippen molar-refractivity contribution in [2.75, 3.05) is 37.6 Å². The number of rotatable bonds is 5. The average Bonchev–Trinajstić information content (AvgIpc) is 3.43. The number of carbonyl (C=O) groups is 1. The van der Waals surface area contributed by atoms with Gasteiger partial charge in [-0.25, -0.2) is 0 Å². The molecule has 1 atom stereocenters. The van der Waals surface area contributed by atoms with Gasteiger partial charge in [-0.3, -0.25) is 4.79 Å². The van der Waals surface area contributed by atoms with Crippen molar-refractivity contribution in [2.24, 2.45) is 5.92 Å². The van der Waals surface area contributed by atoms with Crippen molar-refractivity contribution in [2.45, 2.75) is 39.2 Å². The molecule has 1 heterocycles. The standard InChI is InChI=1S/C20H28N4O/c1-15-5-4-6-18(16(15)2)24-11-9-23(10-12-24)13-19(25)22-20(3,14-21)17-7-8-17/h4-6,17H,7-13H2,1-3H3,(H,22,25)/p+1/t20-/m0/s1. The maximum Gasteiger partial charge on any atom is 0.276 e. The molecule has 1 amide bonds. The smallest absolute Gasteiger partial charge is 0.276 e. The first-order valence-corrected chi connectivity index (χ1v) is 9.30. The quantitative estimate of drug-likeness (QED) is 0.833. The van der Waals surface area contributed by atoms with E-state index >= 15 is 0 Å². The van der Waals surface area contributed by atoms with E-state index in [9.17, 15) is 10.1 Å². The van der Waals surface area contributed by atoms with Crippen LogP contribution in [0.3, 0.4) is 0 Å². The normalized spacial score (nSPS) is 20.6. The number of benzene rings is 1. The highest BCUT2D eigenvalue weighted by Crippen LogP contribution is 2.39. The van der Waals surface area contributed by atoms with Crippen LogP contribution in [0.1, 0.15) is 30.9 Å². The highest BCUT2D eigenvalue weighted by molar-refractivity contribution is 5.78. The third-order valence-corrected chi connectivity index (χ3v) is 5.82. The summed E-state index contributed by atoms with van der Waals surface area (Å²) in [6.07, 6.45) is 2.09. The number of hydrogen-bond acceptors (Lipinski definition) is 3. The molecule has 2 fully saturated rings. The fraction of sp³-hybridized carbons (Fsp3) is 0.600. The SMILES string of the molecule is Cc1cccc(N2CC[NH+](CC(=O)N[C@@](C)(C#N)C3CC3)CC2)c1C. The van der Waals surface area contributed by atoms with Gasteiger partial charge in [0.05, 0.1) is 32.2 Å². The number of nitrogens with zero attached hydrogens (tertiary/aromatic N) is 2. The lowest BCUT2D eigenvalue weighted by atomic mass is 9.98. The Bertz CT molecular complexity index is 683. The summed E-state index contributed by atoms with van der Waals surface area (Å²) < 4.78 is 0. The molecule has 1 saturated carbocycles. The second-order valence-electron chi connectivity index (χ2n) is 7.77. The summed E-state index contributed by atoms with van der Waals surface area (Å²) in [5.74, 6) is 0.337. The fourth-order valence-electron chi connectivity index (χ4n) is 3.76. The zero-order valence-electron chi connectivity index (χ0n) is 15.6. The molecule has 1 aliphatic carbocycles. The van der Waals surface area contributed by atoms with Crippen molar-refractivity contribution in [3.63, 3.8) is 0 Å². The van der Waals surface area contributed by atoms with Gasteiger partial charge < -0.3 is 15.1 Å². The van der Waals surface area contributed by atoms with Gasteiger partial charge in [0.1, 0.15) is 5.54 Å². The lowest BCUT2D eigenvalue weighted by molar-refractivity contribution is -0.892. The summed E-state index contributed by atoms with van der Waals surface area (Å²) in [7, 11) is 0. The molecule has 0 aromatic heterocycles. The van der Waals surface area contributed by atoms with Crippen molar-refractivity contribution < 1.29 is 9.69 Å². The number of aryl methyl sites for hydroxylation is 1. The summed E-state index contributed by atoms with van der Waals surface area (Å²) >= 11 is 0. The van der Waals surface area contributed by atoms with Gasteiger partial charge in [0.25, 0.3) is 5.91 Å². The van der Waals surface area contributed by atoms with Crippen LogP contribution in [0.25, 0.3) is 0 Å². The second kappa shape index (κ2) is 7.05. The Labute approximate surface area is 150 Å². The molecule has 2 aliphatic rings. The molecule has 1 saturated heterocycles. The van der Waals surface area contributed by atoms with Crippen LogP contribution < -0.4 is 15.1 Å². The molecule has 1 aromatic carbocycles. The summed E-state index contributed by atoms with van der Waals surface area (Å²) in [5.41, 5.74) is 3.30. The number of nitriles is 1. The lowest BCUT2D eigenvalue weighted by Crippen LogP contribution is -3.16. The zero-order valence-corrected chi connectivity index (χ0v) is 15.6. The number of carbonyl (C=O) groups excluding carboxylic acids is 1. The molecule has 5 nitrogen and oxygen atoms in total. The number of nitrogens with one attached hydrogen (secondary N) is 2. The van der Waals surface area contributed by atoms with Crippen LogP contribution in [-0.4, -0.2) is 44.2 Å². The minimum atomic E-state index is -0.684. The average molecular weight is 341 g/mol. The Hall–Kier alpha value is -2.06. The fourth-order valence-corrected chi connectivity index (χ4v) is 3.76. The zero-order chi connectivity index (χ0) is 18.0. The number of piperazine rings is 1. The van der Waals surface area contributed by atoms with E-state index in [1.54, 1.807) is 0 Å². The van der Waals surface area contributed by atoms with Gasteiger partial charge in [0.2, 0.25) is 0 Å². The Morgan fingerprint density at radius 2 is 2.04 bits per heavy atom. The topological polar surface area (TPSA) is 60.6 Å². The van der Waals surface area contributed by atoms with Crippen LogP contribution in [0, 0.1) is 31.1 Å². The molecule has 0 spiro atoms. The van der Waals surface area contributed by atoms with Crippen molar-refractivity contribution in [1.29, 1.82) is 5.26 Å². The van der Waals surface area contributed by atoms with E-state index < -0.39 is 5.54 Å². The Kier molecular flexibility index (Phi) is 5.01. The molecule has 1 aromatic rings. The third kappa shape index (κ3) is 3.96. The lowest BCUT2D eigenvalue weighted by Gasteiger charge is -2.35. The summed E-state index contributed by atoms with van der Waals surface area (Å²) in [6.45, 7) is 10.5. The Balaban J connectivity index is 1.52. The molecular weight excluding hydrogens is 312 g/mol. The van der Waals surface area contributed by atoms with Crippen molar-refractivity contribution in [1.82, 2.24) is 5.32 Å². The van der Waals surface area contributed by atoms with E-state index in [-0.39, 0.29) is 5.91 Å². The van der Waals surface area contributed by atoms with Crippen LogP contribution in [0.4, 0.5) is 5.69 Å². The van der Waals surface area contributed by atoms with Gasteiger partial charge in [-0.15, -0.1) is 0 Å². The highest BCUT2D eigenvalue weighted by Gasteiger charge is 2.43. The van der Waals surface area contributed by atoms with E-state index in [4.69, 9.17) is 0 Å². The van der Waals surface area contributed by atoms with Crippen molar-refractivity contribution in [3.8, 4) is 6.07 Å². The third-order valence-electron chi connectivity index (χ3n) is 5.82. The molecule has 0 radical (unpaired) electrons. The molecule has 5 heteroatoms. The minimum Gasteiger partial charge on any atom is -0.360 e. The Morgan fingerprint density at radius 1 is 1.36 bits per heavy atom. The molecule has 0 bridgehead atoms. The molecule has 1 aliphatic heterocycles. The summed E-state index contributed by atoms with van der Waals surface area (Å²) in [6, 6.07) is 8.75. The predicted octanol–water partition coefficient (Wildman–Crippen LogP) is 0.817. The van der Waals surface area contributed by atoms with Gasteiger partial charge in [-0.05, 0) is 56.7 Å². The molecule has 134 valence electrons. The van der Waals surface area contributed by atoms with Gasteiger partial charge in [-0.1, -0.05) is 12.1 Å². The molecule has 3 rings (SSSR count). The predicted molar refractivity (Wildman–Crippen MR) is 98.6 cm³/mol. The number of amides is 1. The maximum atomic E-state index is 12.4. The number of anilines is 1.